The lowest BCUT2D eigenvalue weighted by Crippen LogP contribution is -2.55. The van der Waals surface area contributed by atoms with E-state index in [1.807, 2.05) is 18.2 Å². The van der Waals surface area contributed by atoms with Crippen molar-refractivity contribution in [3.63, 3.8) is 0 Å². The van der Waals surface area contributed by atoms with Crippen molar-refractivity contribution in [2.24, 2.45) is 11.8 Å². The highest BCUT2D eigenvalue weighted by molar-refractivity contribution is 5.98. The van der Waals surface area contributed by atoms with Crippen LogP contribution in [0.5, 0.6) is 0 Å². The van der Waals surface area contributed by atoms with E-state index in [1.165, 1.54) is 0 Å². The molecule has 1 saturated carbocycles. The van der Waals surface area contributed by atoms with Gasteiger partial charge in [-0.2, -0.15) is 0 Å². The minimum Gasteiger partial charge on any atom is -0.359 e. The molecule has 0 atom stereocenters. The van der Waals surface area contributed by atoms with Gasteiger partial charge in [-0.15, -0.1) is 0 Å². The third kappa shape index (κ3) is 4.62. The van der Waals surface area contributed by atoms with E-state index in [4.69, 9.17) is 4.98 Å². The van der Waals surface area contributed by atoms with Crippen LogP contribution in [0.15, 0.2) is 18.2 Å². The first-order chi connectivity index (χ1) is 15.5. The number of carbonyl (C=O) groups is 2. The summed E-state index contributed by atoms with van der Waals surface area (Å²) in [6.45, 7) is 7.91. The second-order valence-electron chi connectivity index (χ2n) is 10.3. The lowest BCUT2D eigenvalue weighted by Gasteiger charge is -2.38. The number of benzene rings is 1. The fraction of sp³-hybridized carbons (Fsp3) is 0.640. The fourth-order valence-corrected chi connectivity index (χ4v) is 4.86. The molecular formula is C25H34F2N4O2. The first-order valence-corrected chi connectivity index (χ1v) is 11.9. The number of aromatic nitrogens is 2. The first kappa shape index (κ1) is 23.6. The molecule has 1 aliphatic heterocycles. The van der Waals surface area contributed by atoms with E-state index in [-0.39, 0.29) is 41.9 Å². The molecule has 8 heteroatoms. The van der Waals surface area contributed by atoms with Crippen molar-refractivity contribution in [2.45, 2.75) is 70.8 Å². The third-order valence-corrected chi connectivity index (χ3v) is 7.55. The van der Waals surface area contributed by atoms with Crippen molar-refractivity contribution in [1.29, 1.82) is 0 Å². The molecule has 1 aromatic heterocycles. The number of nitrogens with zero attached hydrogens (tertiary/aromatic N) is 3. The van der Waals surface area contributed by atoms with Gasteiger partial charge in [0.1, 0.15) is 5.82 Å². The predicted molar refractivity (Wildman–Crippen MR) is 123 cm³/mol. The minimum absolute atomic E-state index is 0.0415. The average molecular weight is 461 g/mol. The number of imidazole rings is 1. The zero-order valence-electron chi connectivity index (χ0n) is 20.0. The van der Waals surface area contributed by atoms with Crippen molar-refractivity contribution in [1.82, 2.24) is 19.8 Å². The molecule has 2 heterocycles. The molecule has 0 bridgehead atoms. The smallest absolute Gasteiger partial charge is 0.253 e. The first-order valence-electron chi connectivity index (χ1n) is 11.9. The number of rotatable bonds is 6. The molecule has 0 spiro atoms. The van der Waals surface area contributed by atoms with E-state index in [9.17, 15) is 18.4 Å². The molecule has 1 aliphatic carbocycles. The summed E-state index contributed by atoms with van der Waals surface area (Å²) in [6, 6.07) is 5.57. The number of alkyl halides is 2. The van der Waals surface area contributed by atoms with Crippen molar-refractivity contribution in [3.05, 3.63) is 29.6 Å². The Kier molecular flexibility index (Phi) is 6.22. The SMILES string of the molecule is CCC(C)(C)c1nc2cc(C(=O)N3CC(C(=O)NC)C3)ccc2n1CC1CCC(F)(F)CC1. The van der Waals surface area contributed by atoms with Gasteiger partial charge in [0.15, 0.2) is 0 Å². The van der Waals surface area contributed by atoms with E-state index < -0.39 is 5.92 Å². The molecule has 0 radical (unpaired) electrons. The quantitative estimate of drug-likeness (QED) is 0.696. The zero-order chi connectivity index (χ0) is 24.0. The van der Waals surface area contributed by atoms with Gasteiger partial charge in [0.2, 0.25) is 11.8 Å². The fourth-order valence-electron chi connectivity index (χ4n) is 4.86. The maximum atomic E-state index is 13.7. The minimum atomic E-state index is -2.54. The van der Waals surface area contributed by atoms with Gasteiger partial charge in [-0.25, -0.2) is 13.8 Å². The largest absolute Gasteiger partial charge is 0.359 e. The Labute approximate surface area is 193 Å². The molecule has 1 aromatic carbocycles. The predicted octanol–water partition coefficient (Wildman–Crippen LogP) is 4.37. The Hall–Kier alpha value is -2.51. The highest BCUT2D eigenvalue weighted by Gasteiger charge is 2.37. The van der Waals surface area contributed by atoms with Gasteiger partial charge in [-0.3, -0.25) is 9.59 Å². The van der Waals surface area contributed by atoms with E-state index in [0.717, 1.165) is 23.3 Å². The molecule has 33 heavy (non-hydrogen) atoms. The van der Waals surface area contributed by atoms with Crippen LogP contribution in [-0.4, -0.2) is 52.3 Å². The lowest BCUT2D eigenvalue weighted by atomic mass is 9.85. The van der Waals surface area contributed by atoms with Crippen LogP contribution in [0.25, 0.3) is 11.0 Å². The number of hydrogen-bond acceptors (Lipinski definition) is 3. The van der Waals surface area contributed by atoms with Crippen molar-refractivity contribution >= 4 is 22.8 Å². The summed E-state index contributed by atoms with van der Waals surface area (Å²) in [7, 11) is 1.60. The maximum absolute atomic E-state index is 13.7. The molecule has 2 aromatic rings. The summed E-state index contributed by atoms with van der Waals surface area (Å²) in [5, 5.41) is 2.63. The van der Waals surface area contributed by atoms with Gasteiger partial charge < -0.3 is 14.8 Å². The summed E-state index contributed by atoms with van der Waals surface area (Å²) < 4.78 is 29.5. The van der Waals surface area contributed by atoms with E-state index >= 15 is 0 Å². The van der Waals surface area contributed by atoms with Gasteiger partial charge in [-0.05, 0) is 43.4 Å². The molecule has 2 fully saturated rings. The second-order valence-corrected chi connectivity index (χ2v) is 10.3. The van der Waals surface area contributed by atoms with Crippen LogP contribution >= 0.6 is 0 Å². The maximum Gasteiger partial charge on any atom is 0.253 e. The Morgan fingerprint density at radius 3 is 2.48 bits per heavy atom. The number of hydrogen-bond donors (Lipinski definition) is 1. The van der Waals surface area contributed by atoms with Crippen LogP contribution in [0, 0.1) is 11.8 Å². The number of carbonyl (C=O) groups excluding carboxylic acids is 2. The Balaban J connectivity index is 1.60. The molecule has 180 valence electrons. The van der Waals surface area contributed by atoms with Crippen LogP contribution in [0.4, 0.5) is 8.78 Å². The van der Waals surface area contributed by atoms with Crippen LogP contribution in [-0.2, 0) is 16.8 Å². The van der Waals surface area contributed by atoms with Gasteiger partial charge >= 0.3 is 0 Å². The zero-order valence-corrected chi connectivity index (χ0v) is 20.0. The molecular weight excluding hydrogens is 426 g/mol. The van der Waals surface area contributed by atoms with Crippen LogP contribution in [0.1, 0.15) is 69.1 Å². The van der Waals surface area contributed by atoms with E-state index in [2.05, 4.69) is 30.7 Å². The number of fused-ring (bicyclic) bond motifs is 1. The summed E-state index contributed by atoms with van der Waals surface area (Å²) in [5.74, 6) is -1.70. The number of halogens is 2. The summed E-state index contributed by atoms with van der Waals surface area (Å²) in [5.41, 5.74) is 2.06. The van der Waals surface area contributed by atoms with E-state index in [1.54, 1.807) is 11.9 Å². The topological polar surface area (TPSA) is 67.2 Å². The van der Waals surface area contributed by atoms with Crippen LogP contribution < -0.4 is 5.32 Å². The summed E-state index contributed by atoms with van der Waals surface area (Å²) in [6.07, 6.45) is 1.80. The van der Waals surface area contributed by atoms with Gasteiger partial charge in [0.25, 0.3) is 5.91 Å². The monoisotopic (exact) mass is 460 g/mol. The summed E-state index contributed by atoms with van der Waals surface area (Å²) in [4.78, 5) is 31.3. The number of amides is 2. The van der Waals surface area contributed by atoms with Crippen LogP contribution in [0.3, 0.4) is 0 Å². The third-order valence-electron chi connectivity index (χ3n) is 7.55. The molecule has 2 aliphatic rings. The van der Waals surface area contributed by atoms with E-state index in [0.29, 0.717) is 38.0 Å². The molecule has 0 unspecified atom stereocenters. The van der Waals surface area contributed by atoms with Crippen molar-refractivity contribution < 1.29 is 18.4 Å². The Morgan fingerprint density at radius 2 is 1.88 bits per heavy atom. The highest BCUT2D eigenvalue weighted by atomic mass is 19.3. The van der Waals surface area contributed by atoms with Gasteiger partial charge in [0, 0.05) is 50.5 Å². The standard InChI is InChI=1S/C25H34F2N4O2/c1-5-24(2,3)23-29-19-12-17(22(33)30-14-18(15-30)21(32)28-4)6-7-20(19)31(23)13-16-8-10-25(26,27)11-9-16/h6-7,12,16,18H,5,8-11,13-15H2,1-4H3,(H,28,32). The second kappa shape index (κ2) is 8.69. The Bertz CT molecular complexity index is 1050. The molecule has 2 amide bonds. The average Bonchev–Trinajstić information content (AvgIpc) is 3.12. The molecule has 1 saturated heterocycles. The van der Waals surface area contributed by atoms with Crippen molar-refractivity contribution in [2.75, 3.05) is 20.1 Å². The van der Waals surface area contributed by atoms with Gasteiger partial charge in [-0.1, -0.05) is 20.8 Å². The van der Waals surface area contributed by atoms with Crippen molar-refractivity contribution in [3.8, 4) is 0 Å². The molecule has 6 nitrogen and oxygen atoms in total. The Morgan fingerprint density at radius 1 is 1.21 bits per heavy atom. The molecule has 1 N–H and O–H groups in total. The number of likely N-dealkylation sites (tertiary alicyclic amines) is 1. The lowest BCUT2D eigenvalue weighted by molar-refractivity contribution is -0.128. The number of nitrogens with one attached hydrogen (secondary N) is 1. The highest BCUT2D eigenvalue weighted by Crippen LogP contribution is 2.38. The van der Waals surface area contributed by atoms with Crippen LogP contribution in [0.2, 0.25) is 0 Å². The van der Waals surface area contributed by atoms with Gasteiger partial charge in [0.05, 0.1) is 17.0 Å². The normalized spacial score (nSPS) is 19.5. The summed E-state index contributed by atoms with van der Waals surface area (Å²) >= 11 is 0. The molecule has 4 rings (SSSR count).